The quantitative estimate of drug-likeness (QED) is 0.648. The molecular weight excluding hydrogens is 399 g/mol. The second kappa shape index (κ2) is 9.98. The van der Waals surface area contributed by atoms with E-state index in [1.165, 1.54) is 19.1 Å². The van der Waals surface area contributed by atoms with Crippen LogP contribution in [0.3, 0.4) is 0 Å². The highest BCUT2D eigenvalue weighted by molar-refractivity contribution is 6.42. The number of methoxy groups -OCH3 is 2. The Bertz CT molecular complexity index is 688. The van der Waals surface area contributed by atoms with Crippen LogP contribution < -0.4 is 10.5 Å². The summed E-state index contributed by atoms with van der Waals surface area (Å²) in [6.07, 6.45) is -0.211. The van der Waals surface area contributed by atoms with Crippen LogP contribution in [0.4, 0.5) is 4.79 Å². The van der Waals surface area contributed by atoms with E-state index in [1.807, 2.05) is 0 Å². The van der Waals surface area contributed by atoms with Crippen molar-refractivity contribution in [3.8, 4) is 5.75 Å². The zero-order chi connectivity index (χ0) is 20.0. The fourth-order valence-electron chi connectivity index (χ4n) is 2.89. The van der Waals surface area contributed by atoms with Crippen LogP contribution in [0.25, 0.3) is 0 Å². The van der Waals surface area contributed by atoms with Crippen LogP contribution in [-0.2, 0) is 19.0 Å². The smallest absolute Gasteiger partial charge is 0.410 e. The van der Waals surface area contributed by atoms with E-state index in [0.29, 0.717) is 34.3 Å². The van der Waals surface area contributed by atoms with Gasteiger partial charge in [0.25, 0.3) is 0 Å². The molecule has 10 heteroatoms. The summed E-state index contributed by atoms with van der Waals surface area (Å²) in [7, 11) is 2.81. The number of benzene rings is 1. The molecule has 0 spiro atoms. The number of nitrogens with zero attached hydrogens (tertiary/aromatic N) is 1. The predicted octanol–water partition coefficient (Wildman–Crippen LogP) is 2.75. The Hall–Kier alpha value is -1.74. The Balaban J connectivity index is 2.21. The van der Waals surface area contributed by atoms with Gasteiger partial charge in [-0.05, 0) is 25.0 Å². The lowest BCUT2D eigenvalue weighted by Gasteiger charge is -2.27. The molecule has 2 atom stereocenters. The van der Waals surface area contributed by atoms with Crippen LogP contribution in [0.2, 0.25) is 10.0 Å². The summed E-state index contributed by atoms with van der Waals surface area (Å²) in [6, 6.07) is 2.91. The van der Waals surface area contributed by atoms with Crippen molar-refractivity contribution in [1.82, 2.24) is 4.90 Å². The molecule has 2 unspecified atom stereocenters. The van der Waals surface area contributed by atoms with Gasteiger partial charge in [-0.3, -0.25) is 4.79 Å². The molecule has 2 N–H and O–H groups in total. The maximum absolute atomic E-state index is 12.5. The molecule has 0 saturated carbocycles. The van der Waals surface area contributed by atoms with E-state index in [-0.39, 0.29) is 19.4 Å². The lowest BCUT2D eigenvalue weighted by molar-refractivity contribution is -0.130. The van der Waals surface area contributed by atoms with Gasteiger partial charge in [-0.2, -0.15) is 0 Å². The molecule has 150 valence electrons. The Labute approximate surface area is 167 Å². The van der Waals surface area contributed by atoms with Gasteiger partial charge in [0.15, 0.2) is 12.9 Å². The van der Waals surface area contributed by atoms with E-state index in [1.54, 1.807) is 12.1 Å². The molecule has 0 aliphatic carbocycles. The van der Waals surface area contributed by atoms with Crippen molar-refractivity contribution >= 4 is 35.2 Å². The first-order chi connectivity index (χ1) is 12.9. The maximum atomic E-state index is 12.5. The van der Waals surface area contributed by atoms with Gasteiger partial charge in [0, 0.05) is 26.3 Å². The van der Waals surface area contributed by atoms with Crippen LogP contribution in [0.5, 0.6) is 5.75 Å². The number of likely N-dealkylation sites (tertiary alicyclic amines) is 1. The lowest BCUT2D eigenvalue weighted by Crippen LogP contribution is -2.38. The van der Waals surface area contributed by atoms with Gasteiger partial charge in [0.1, 0.15) is 12.4 Å². The van der Waals surface area contributed by atoms with E-state index in [0.717, 1.165) is 6.42 Å². The van der Waals surface area contributed by atoms with Crippen LogP contribution in [0.15, 0.2) is 12.1 Å². The van der Waals surface area contributed by atoms with Gasteiger partial charge in [-0.15, -0.1) is 0 Å². The van der Waals surface area contributed by atoms with Crippen molar-refractivity contribution in [1.29, 1.82) is 0 Å². The molecule has 1 aliphatic heterocycles. The molecule has 2 amide bonds. The number of carbonyl (C=O) groups is 2. The monoisotopic (exact) mass is 420 g/mol. The van der Waals surface area contributed by atoms with Crippen molar-refractivity contribution in [2.45, 2.75) is 25.0 Å². The minimum Gasteiger partial charge on any atom is -0.467 e. The van der Waals surface area contributed by atoms with E-state index >= 15 is 0 Å². The van der Waals surface area contributed by atoms with Gasteiger partial charge < -0.3 is 29.6 Å². The third-order valence-electron chi connectivity index (χ3n) is 4.21. The Morgan fingerprint density at radius 1 is 1.33 bits per heavy atom. The summed E-state index contributed by atoms with van der Waals surface area (Å²) < 4.78 is 20.6. The summed E-state index contributed by atoms with van der Waals surface area (Å²) in [5.41, 5.74) is 5.77. The average molecular weight is 421 g/mol. The molecule has 8 nitrogen and oxygen atoms in total. The third-order valence-corrected chi connectivity index (χ3v) is 5.02. The van der Waals surface area contributed by atoms with Crippen LogP contribution in [-0.4, -0.2) is 57.2 Å². The highest BCUT2D eigenvalue weighted by Gasteiger charge is 2.35. The number of nitrogens with two attached hydrogens (primary N) is 1. The Morgan fingerprint density at radius 2 is 2.07 bits per heavy atom. The first kappa shape index (κ1) is 21.6. The summed E-state index contributed by atoms with van der Waals surface area (Å²) in [5.74, 6) is -0.237. The van der Waals surface area contributed by atoms with Crippen LogP contribution in [0, 0.1) is 0 Å². The molecule has 2 rings (SSSR count). The standard InChI is InChI=1S/C17H22Cl2N2O6/c1-24-9-27-12-6-5-10(18)15(19)14(12)11-4-3-7-21(11)17(23)26-8-13(25-2)16(20)22/h5-6,11,13H,3-4,7-9H2,1-2H3,(H2,20,22). The molecule has 27 heavy (non-hydrogen) atoms. The van der Waals surface area contributed by atoms with Crippen molar-refractivity contribution in [3.63, 3.8) is 0 Å². The van der Waals surface area contributed by atoms with Crippen LogP contribution >= 0.6 is 23.2 Å². The first-order valence-corrected chi connectivity index (χ1v) is 9.01. The molecule has 1 aromatic rings. The van der Waals surface area contributed by atoms with E-state index in [9.17, 15) is 9.59 Å². The topological polar surface area (TPSA) is 100 Å². The molecule has 1 heterocycles. The number of rotatable bonds is 8. The van der Waals surface area contributed by atoms with Crippen molar-refractivity contribution < 1.29 is 28.5 Å². The minimum atomic E-state index is -1.01. The van der Waals surface area contributed by atoms with Gasteiger partial charge >= 0.3 is 6.09 Å². The number of primary amides is 1. The molecule has 1 aliphatic rings. The average Bonchev–Trinajstić information content (AvgIpc) is 3.12. The van der Waals surface area contributed by atoms with Gasteiger partial charge in [0.05, 0.1) is 16.1 Å². The predicted molar refractivity (Wildman–Crippen MR) is 99.0 cm³/mol. The maximum Gasteiger partial charge on any atom is 0.410 e. The van der Waals surface area contributed by atoms with Gasteiger partial charge in [-0.1, -0.05) is 23.2 Å². The number of hydrogen-bond acceptors (Lipinski definition) is 6. The lowest BCUT2D eigenvalue weighted by atomic mass is 10.0. The largest absolute Gasteiger partial charge is 0.467 e. The Morgan fingerprint density at radius 3 is 2.70 bits per heavy atom. The molecule has 1 saturated heterocycles. The van der Waals surface area contributed by atoms with Crippen LogP contribution in [0.1, 0.15) is 24.4 Å². The Kier molecular flexibility index (Phi) is 7.97. The fraction of sp³-hybridized carbons (Fsp3) is 0.529. The number of halogens is 2. The highest BCUT2D eigenvalue weighted by Crippen LogP contribution is 2.44. The molecular formula is C17H22Cl2N2O6. The normalized spacial score (nSPS) is 17.6. The summed E-state index contributed by atoms with van der Waals surface area (Å²) in [5, 5.41) is 0.659. The van der Waals surface area contributed by atoms with E-state index < -0.39 is 18.1 Å². The van der Waals surface area contributed by atoms with Gasteiger partial charge in [0.2, 0.25) is 5.91 Å². The molecule has 0 aromatic heterocycles. The SMILES string of the molecule is COCOc1ccc(Cl)c(Cl)c1C1CCCN1C(=O)OCC(OC)C(N)=O. The number of ether oxygens (including phenoxy) is 4. The summed E-state index contributed by atoms with van der Waals surface area (Å²) in [4.78, 5) is 25.3. The van der Waals surface area contributed by atoms with E-state index in [4.69, 9.17) is 47.9 Å². The van der Waals surface area contributed by atoms with Gasteiger partial charge in [-0.25, -0.2) is 4.79 Å². The third kappa shape index (κ3) is 5.16. The molecule has 0 bridgehead atoms. The number of amides is 2. The van der Waals surface area contributed by atoms with E-state index in [2.05, 4.69) is 0 Å². The number of carbonyl (C=O) groups excluding carboxylic acids is 2. The van der Waals surface area contributed by atoms with Crippen molar-refractivity contribution in [2.75, 3.05) is 34.2 Å². The molecule has 1 aromatic carbocycles. The minimum absolute atomic E-state index is 0.0241. The zero-order valence-corrected chi connectivity index (χ0v) is 16.6. The zero-order valence-electron chi connectivity index (χ0n) is 15.1. The highest BCUT2D eigenvalue weighted by atomic mass is 35.5. The number of hydrogen-bond donors (Lipinski definition) is 1. The summed E-state index contributed by atoms with van der Waals surface area (Å²) >= 11 is 12.6. The first-order valence-electron chi connectivity index (χ1n) is 8.25. The molecule has 0 radical (unpaired) electrons. The second-order valence-electron chi connectivity index (χ2n) is 5.88. The van der Waals surface area contributed by atoms with Crippen molar-refractivity contribution in [3.05, 3.63) is 27.7 Å². The van der Waals surface area contributed by atoms with Crippen molar-refractivity contribution in [2.24, 2.45) is 5.73 Å². The fourth-order valence-corrected chi connectivity index (χ4v) is 3.34. The molecule has 1 fully saturated rings. The second-order valence-corrected chi connectivity index (χ2v) is 6.66. The summed E-state index contributed by atoms with van der Waals surface area (Å²) in [6.45, 7) is 0.213.